The number of hydrogen-bond donors (Lipinski definition) is 0. The number of halogens is 2. The second-order valence-electron chi connectivity index (χ2n) is 6.15. The van der Waals surface area contributed by atoms with Gasteiger partial charge < -0.3 is 4.57 Å². The first-order valence-corrected chi connectivity index (χ1v) is 9.42. The minimum Gasteiger partial charge on any atom is -0.339 e. The maximum atomic E-state index is 10.8. The van der Waals surface area contributed by atoms with E-state index in [1.165, 1.54) is 18.2 Å². The average Bonchev–Trinajstić information content (AvgIpc) is 3.01. The van der Waals surface area contributed by atoms with Crippen molar-refractivity contribution in [2.75, 3.05) is 5.88 Å². The zero-order chi connectivity index (χ0) is 19.7. The number of aromatic nitrogens is 1. The highest BCUT2D eigenvalue weighted by atomic mass is 35.5. The molecular weight excluding hydrogens is 399 g/mol. The van der Waals surface area contributed by atoms with Gasteiger partial charge in [-0.1, -0.05) is 29.8 Å². The van der Waals surface area contributed by atoms with Gasteiger partial charge in [-0.15, -0.1) is 16.7 Å². The molecule has 0 N–H and O–H groups in total. The van der Waals surface area contributed by atoms with Crippen LogP contribution in [0.25, 0.3) is 21.8 Å². The monoisotopic (exact) mass is 412 g/mol. The summed E-state index contributed by atoms with van der Waals surface area (Å²) >= 11 is 12.1. The fraction of sp³-hybridized carbons (Fsp3) is 0.100. The predicted molar refractivity (Wildman–Crippen MR) is 112 cm³/mol. The van der Waals surface area contributed by atoms with Crippen molar-refractivity contribution in [2.24, 2.45) is 10.2 Å². The second kappa shape index (κ2) is 7.58. The van der Waals surface area contributed by atoms with Crippen LogP contribution < -0.4 is 0 Å². The van der Waals surface area contributed by atoms with E-state index in [0.717, 1.165) is 21.8 Å². The lowest BCUT2D eigenvalue weighted by Crippen LogP contribution is -1.97. The Bertz CT molecular complexity index is 1230. The molecule has 0 fully saturated rings. The smallest absolute Gasteiger partial charge is 0.271 e. The van der Waals surface area contributed by atoms with Gasteiger partial charge in [-0.2, -0.15) is 5.11 Å². The molecule has 4 rings (SSSR count). The summed E-state index contributed by atoms with van der Waals surface area (Å²) in [6, 6.07) is 18.1. The van der Waals surface area contributed by atoms with Crippen LogP contribution in [0.15, 0.2) is 70.9 Å². The van der Waals surface area contributed by atoms with E-state index in [1.54, 1.807) is 0 Å². The van der Waals surface area contributed by atoms with E-state index in [9.17, 15) is 10.1 Å². The molecule has 0 saturated heterocycles. The van der Waals surface area contributed by atoms with Crippen LogP contribution in [0.4, 0.5) is 17.1 Å². The quantitative estimate of drug-likeness (QED) is 0.153. The molecule has 4 aromatic rings. The Hall–Kier alpha value is -2.96. The summed E-state index contributed by atoms with van der Waals surface area (Å²) in [5.74, 6) is 0.522. The van der Waals surface area contributed by atoms with Crippen molar-refractivity contribution < 1.29 is 4.92 Å². The molecule has 0 radical (unpaired) electrons. The van der Waals surface area contributed by atoms with Crippen molar-refractivity contribution in [1.29, 1.82) is 0 Å². The third-order valence-corrected chi connectivity index (χ3v) is 4.95. The topological polar surface area (TPSA) is 72.8 Å². The van der Waals surface area contributed by atoms with Crippen molar-refractivity contribution in [2.45, 2.75) is 6.54 Å². The summed E-state index contributed by atoms with van der Waals surface area (Å²) in [6.07, 6.45) is 0. The number of para-hydroxylation sites is 1. The lowest BCUT2D eigenvalue weighted by Gasteiger charge is -2.04. The van der Waals surface area contributed by atoms with E-state index in [1.807, 2.05) is 30.3 Å². The zero-order valence-electron chi connectivity index (χ0n) is 14.5. The Kier molecular flexibility index (Phi) is 4.98. The van der Waals surface area contributed by atoms with Gasteiger partial charge in [0, 0.05) is 46.4 Å². The van der Waals surface area contributed by atoms with Gasteiger partial charge in [0.05, 0.1) is 15.6 Å². The van der Waals surface area contributed by atoms with E-state index in [0.29, 0.717) is 23.8 Å². The first-order valence-electron chi connectivity index (χ1n) is 8.51. The van der Waals surface area contributed by atoms with Crippen LogP contribution in [0.2, 0.25) is 5.02 Å². The molecule has 0 unspecified atom stereocenters. The molecule has 1 heterocycles. The third-order valence-electron chi connectivity index (χ3n) is 4.48. The summed E-state index contributed by atoms with van der Waals surface area (Å²) in [6.45, 7) is 0.713. The summed E-state index contributed by atoms with van der Waals surface area (Å²) < 4.78 is 2.19. The fourth-order valence-electron chi connectivity index (χ4n) is 3.23. The van der Waals surface area contributed by atoms with Crippen LogP contribution in [-0.2, 0) is 6.54 Å². The van der Waals surface area contributed by atoms with Crippen LogP contribution in [-0.4, -0.2) is 15.4 Å². The minimum absolute atomic E-state index is 0.0857. The number of alkyl halides is 1. The van der Waals surface area contributed by atoms with E-state index in [4.69, 9.17) is 23.2 Å². The zero-order valence-corrected chi connectivity index (χ0v) is 16.1. The lowest BCUT2D eigenvalue weighted by molar-refractivity contribution is -0.384. The number of azo groups is 1. The van der Waals surface area contributed by atoms with Gasteiger partial charge in [-0.05, 0) is 30.3 Å². The maximum absolute atomic E-state index is 10.8. The number of rotatable bonds is 5. The normalized spacial score (nSPS) is 11.6. The van der Waals surface area contributed by atoms with E-state index in [2.05, 4.69) is 26.9 Å². The number of aryl methyl sites for hydroxylation is 1. The molecule has 0 spiro atoms. The van der Waals surface area contributed by atoms with Gasteiger partial charge in [-0.25, -0.2) is 0 Å². The number of non-ortho nitro benzene ring substituents is 1. The Morgan fingerprint density at radius 3 is 2.50 bits per heavy atom. The van der Waals surface area contributed by atoms with Crippen LogP contribution in [0.1, 0.15) is 0 Å². The Balaban J connectivity index is 1.75. The second-order valence-corrected chi connectivity index (χ2v) is 6.94. The van der Waals surface area contributed by atoms with Gasteiger partial charge in [0.2, 0.25) is 0 Å². The van der Waals surface area contributed by atoms with Crippen molar-refractivity contribution in [1.82, 2.24) is 4.57 Å². The molecule has 3 aromatic carbocycles. The van der Waals surface area contributed by atoms with Crippen molar-refractivity contribution >= 4 is 62.1 Å². The number of nitrogens with zero attached hydrogens (tertiary/aromatic N) is 4. The molecule has 140 valence electrons. The average molecular weight is 413 g/mol. The van der Waals surface area contributed by atoms with Gasteiger partial charge >= 0.3 is 0 Å². The molecule has 0 saturated carbocycles. The molecule has 1 aromatic heterocycles. The molecule has 0 aliphatic carbocycles. The van der Waals surface area contributed by atoms with Crippen molar-refractivity contribution in [3.05, 3.63) is 75.8 Å². The maximum Gasteiger partial charge on any atom is 0.271 e. The number of fused-ring (bicyclic) bond motifs is 3. The van der Waals surface area contributed by atoms with Crippen LogP contribution in [0, 0.1) is 10.1 Å². The Morgan fingerprint density at radius 1 is 0.964 bits per heavy atom. The van der Waals surface area contributed by atoms with Gasteiger partial charge in [-0.3, -0.25) is 10.1 Å². The predicted octanol–water partition coefficient (Wildman–Crippen LogP) is 7.01. The molecular formula is C20H14Cl2N4O2. The summed E-state index contributed by atoms with van der Waals surface area (Å²) in [5, 5.41) is 21.6. The summed E-state index contributed by atoms with van der Waals surface area (Å²) in [7, 11) is 0. The van der Waals surface area contributed by atoms with Crippen molar-refractivity contribution in [3.8, 4) is 0 Å². The molecule has 0 aliphatic rings. The van der Waals surface area contributed by atoms with Gasteiger partial charge in [0.15, 0.2) is 0 Å². The van der Waals surface area contributed by atoms with Crippen LogP contribution >= 0.6 is 23.2 Å². The summed E-state index contributed by atoms with van der Waals surface area (Å²) in [4.78, 5) is 10.3. The first-order chi connectivity index (χ1) is 13.6. The van der Waals surface area contributed by atoms with Crippen LogP contribution in [0.5, 0.6) is 0 Å². The molecule has 0 bridgehead atoms. The van der Waals surface area contributed by atoms with Gasteiger partial charge in [0.1, 0.15) is 5.69 Å². The first kappa shape index (κ1) is 18.4. The lowest BCUT2D eigenvalue weighted by atomic mass is 10.1. The summed E-state index contributed by atoms with van der Waals surface area (Å²) in [5.41, 5.74) is 3.14. The highest BCUT2D eigenvalue weighted by Crippen LogP contribution is 2.34. The Labute approximate surface area is 170 Å². The van der Waals surface area contributed by atoms with E-state index < -0.39 is 4.92 Å². The van der Waals surface area contributed by atoms with Gasteiger partial charge in [0.25, 0.3) is 5.69 Å². The van der Waals surface area contributed by atoms with E-state index in [-0.39, 0.29) is 10.7 Å². The SMILES string of the molecule is O=[N+]([O-])c1ccc(N=Nc2ccc3c(c2)c2ccccc2n3CCCl)c(Cl)c1. The molecule has 8 heteroatoms. The number of benzene rings is 3. The number of hydrogen-bond acceptors (Lipinski definition) is 4. The highest BCUT2D eigenvalue weighted by Gasteiger charge is 2.11. The molecule has 0 amide bonds. The number of nitro groups is 1. The molecule has 6 nitrogen and oxygen atoms in total. The minimum atomic E-state index is -0.503. The largest absolute Gasteiger partial charge is 0.339 e. The number of nitro benzene ring substituents is 1. The van der Waals surface area contributed by atoms with Crippen LogP contribution in [0.3, 0.4) is 0 Å². The van der Waals surface area contributed by atoms with E-state index >= 15 is 0 Å². The molecule has 0 aliphatic heterocycles. The highest BCUT2D eigenvalue weighted by molar-refractivity contribution is 6.33. The molecule has 28 heavy (non-hydrogen) atoms. The third kappa shape index (κ3) is 3.32. The fourth-order valence-corrected chi connectivity index (χ4v) is 3.61. The van der Waals surface area contributed by atoms with Crippen molar-refractivity contribution in [3.63, 3.8) is 0 Å². The molecule has 0 atom stereocenters. The Morgan fingerprint density at radius 2 is 1.75 bits per heavy atom. The standard InChI is InChI=1S/C20H14Cl2N4O2/c21-9-10-25-19-4-2-1-3-15(19)16-11-13(5-8-20(16)25)23-24-18-7-6-14(26(27)28)12-17(18)22/h1-8,11-12H,9-10H2.